The molecule has 3 N–H and O–H groups in total. The number of amides is 1. The number of esters is 1. The minimum atomic E-state index is -0.742. The van der Waals surface area contributed by atoms with Crippen molar-refractivity contribution >= 4 is 17.4 Å². The van der Waals surface area contributed by atoms with Gasteiger partial charge in [0.2, 0.25) is 0 Å². The van der Waals surface area contributed by atoms with E-state index < -0.39 is 11.9 Å². The number of nitrogens with two attached hydrogens (primary N) is 1. The molecule has 2 rings (SSSR count). The molecular formula is C14H13N3O3. The number of aromatic amines is 1. The maximum Gasteiger partial charge on any atom is 0.337 e. The first-order valence-corrected chi connectivity index (χ1v) is 5.86. The van der Waals surface area contributed by atoms with Crippen LogP contribution < -0.4 is 10.5 Å². The number of imidazole rings is 1. The van der Waals surface area contributed by atoms with Gasteiger partial charge in [0.15, 0.2) is 5.69 Å². The molecule has 6 heteroatoms. The SMILES string of the molecule is CC(=CC(=O)Oc1nc[nH]c1C(N)=O)c1ccccc1. The lowest BCUT2D eigenvalue weighted by Crippen LogP contribution is -2.15. The zero-order valence-electron chi connectivity index (χ0n) is 10.8. The molecule has 0 atom stereocenters. The fourth-order valence-electron chi connectivity index (χ4n) is 1.62. The molecule has 0 fully saturated rings. The van der Waals surface area contributed by atoms with Crippen LogP contribution in [0, 0.1) is 0 Å². The number of nitrogens with zero attached hydrogens (tertiary/aromatic N) is 1. The van der Waals surface area contributed by atoms with Crippen LogP contribution in [0.1, 0.15) is 23.0 Å². The van der Waals surface area contributed by atoms with Gasteiger partial charge < -0.3 is 15.5 Å². The summed E-state index contributed by atoms with van der Waals surface area (Å²) in [5.41, 5.74) is 6.72. The Morgan fingerprint density at radius 3 is 2.65 bits per heavy atom. The smallest absolute Gasteiger partial charge is 0.337 e. The van der Waals surface area contributed by atoms with Crippen LogP contribution in [0.2, 0.25) is 0 Å². The molecule has 0 unspecified atom stereocenters. The Balaban J connectivity index is 2.13. The third-order valence-electron chi connectivity index (χ3n) is 2.61. The molecule has 0 spiro atoms. The Morgan fingerprint density at radius 1 is 1.30 bits per heavy atom. The maximum atomic E-state index is 11.8. The molecule has 6 nitrogen and oxygen atoms in total. The number of H-pyrrole nitrogens is 1. The van der Waals surface area contributed by atoms with Gasteiger partial charge in [0.25, 0.3) is 11.8 Å². The van der Waals surface area contributed by atoms with Crippen molar-refractivity contribution in [1.82, 2.24) is 9.97 Å². The number of rotatable bonds is 4. The zero-order chi connectivity index (χ0) is 14.5. The summed E-state index contributed by atoms with van der Waals surface area (Å²) >= 11 is 0. The number of aromatic nitrogens is 2. The van der Waals surface area contributed by atoms with E-state index >= 15 is 0 Å². The Labute approximate surface area is 115 Å². The quantitative estimate of drug-likeness (QED) is 0.650. The summed E-state index contributed by atoms with van der Waals surface area (Å²) in [6, 6.07) is 9.39. The molecule has 1 aromatic carbocycles. The fraction of sp³-hybridized carbons (Fsp3) is 0.0714. The number of hydrogen-bond donors (Lipinski definition) is 2. The third-order valence-corrected chi connectivity index (χ3v) is 2.61. The first kappa shape index (κ1) is 13.5. The van der Waals surface area contributed by atoms with Crippen LogP contribution in [0.15, 0.2) is 42.7 Å². The molecule has 0 saturated carbocycles. The highest BCUT2D eigenvalue weighted by Crippen LogP contribution is 2.15. The predicted molar refractivity (Wildman–Crippen MR) is 72.8 cm³/mol. The summed E-state index contributed by atoms with van der Waals surface area (Å²) in [5.74, 6) is -1.49. The lowest BCUT2D eigenvalue weighted by atomic mass is 10.1. The van der Waals surface area contributed by atoms with Crippen molar-refractivity contribution < 1.29 is 14.3 Å². The number of carbonyl (C=O) groups excluding carboxylic acids is 2. The van der Waals surface area contributed by atoms with Crippen LogP contribution in [0.25, 0.3) is 5.57 Å². The second-order valence-electron chi connectivity index (χ2n) is 4.06. The predicted octanol–water partition coefficient (Wildman–Crippen LogP) is 1.52. The first-order chi connectivity index (χ1) is 9.58. The van der Waals surface area contributed by atoms with Crippen molar-refractivity contribution in [2.75, 3.05) is 0 Å². The van der Waals surface area contributed by atoms with Gasteiger partial charge in [0.05, 0.1) is 6.33 Å². The molecular weight excluding hydrogens is 258 g/mol. The zero-order valence-corrected chi connectivity index (χ0v) is 10.8. The maximum absolute atomic E-state index is 11.8. The average Bonchev–Trinajstić information content (AvgIpc) is 2.87. The summed E-state index contributed by atoms with van der Waals surface area (Å²) in [6.45, 7) is 1.79. The van der Waals surface area contributed by atoms with Crippen molar-refractivity contribution in [3.8, 4) is 5.88 Å². The van der Waals surface area contributed by atoms with Gasteiger partial charge in [-0.05, 0) is 18.1 Å². The lowest BCUT2D eigenvalue weighted by Gasteiger charge is -2.02. The number of benzene rings is 1. The largest absolute Gasteiger partial charge is 0.402 e. The summed E-state index contributed by atoms with van der Waals surface area (Å²) in [5, 5.41) is 0. The van der Waals surface area contributed by atoms with Crippen LogP contribution in [0.4, 0.5) is 0 Å². The molecule has 0 radical (unpaired) electrons. The molecule has 0 bridgehead atoms. The number of ether oxygens (including phenoxy) is 1. The Bertz CT molecular complexity index is 659. The molecule has 1 amide bonds. The number of primary amides is 1. The standard InChI is InChI=1S/C14H13N3O3/c1-9(10-5-3-2-4-6-10)7-11(18)20-14-12(13(15)19)16-8-17-14/h2-8H,1H3,(H2,15,19)(H,16,17). The Morgan fingerprint density at radius 2 is 2.00 bits per heavy atom. The van der Waals surface area contributed by atoms with Crippen LogP contribution in [0.3, 0.4) is 0 Å². The number of nitrogens with one attached hydrogen (secondary N) is 1. The van der Waals surface area contributed by atoms with Crippen molar-refractivity contribution in [3.63, 3.8) is 0 Å². The Kier molecular flexibility index (Phi) is 3.95. The van der Waals surface area contributed by atoms with E-state index in [1.54, 1.807) is 6.92 Å². The monoisotopic (exact) mass is 271 g/mol. The van der Waals surface area contributed by atoms with Gasteiger partial charge in [0, 0.05) is 6.08 Å². The normalized spacial score (nSPS) is 11.2. The molecule has 20 heavy (non-hydrogen) atoms. The van der Waals surface area contributed by atoms with E-state index in [-0.39, 0.29) is 11.6 Å². The van der Waals surface area contributed by atoms with Gasteiger partial charge in [-0.25, -0.2) is 9.78 Å². The van der Waals surface area contributed by atoms with E-state index in [0.29, 0.717) is 0 Å². The van der Waals surface area contributed by atoms with E-state index in [4.69, 9.17) is 10.5 Å². The van der Waals surface area contributed by atoms with Crippen molar-refractivity contribution in [3.05, 3.63) is 54.0 Å². The second-order valence-corrected chi connectivity index (χ2v) is 4.06. The summed E-state index contributed by atoms with van der Waals surface area (Å²) in [4.78, 5) is 29.1. The molecule has 1 aromatic heterocycles. The fourth-order valence-corrected chi connectivity index (χ4v) is 1.62. The highest BCUT2D eigenvalue weighted by Gasteiger charge is 2.15. The highest BCUT2D eigenvalue weighted by atomic mass is 16.5. The molecule has 102 valence electrons. The number of allylic oxidation sites excluding steroid dienone is 1. The van der Waals surface area contributed by atoms with Gasteiger partial charge in [-0.15, -0.1) is 0 Å². The van der Waals surface area contributed by atoms with Gasteiger partial charge in [-0.2, -0.15) is 0 Å². The van der Waals surface area contributed by atoms with E-state index in [9.17, 15) is 9.59 Å². The molecule has 0 saturated heterocycles. The van der Waals surface area contributed by atoms with E-state index in [2.05, 4.69) is 9.97 Å². The van der Waals surface area contributed by atoms with Gasteiger partial charge in [0.1, 0.15) is 0 Å². The van der Waals surface area contributed by atoms with Crippen molar-refractivity contribution in [2.45, 2.75) is 6.92 Å². The minimum Gasteiger partial charge on any atom is -0.402 e. The third kappa shape index (κ3) is 3.11. The van der Waals surface area contributed by atoms with Crippen molar-refractivity contribution in [1.29, 1.82) is 0 Å². The van der Waals surface area contributed by atoms with Crippen LogP contribution in [-0.4, -0.2) is 21.8 Å². The highest BCUT2D eigenvalue weighted by molar-refractivity contribution is 5.96. The van der Waals surface area contributed by atoms with E-state index in [1.807, 2.05) is 30.3 Å². The van der Waals surface area contributed by atoms with Gasteiger partial charge in [-0.1, -0.05) is 30.3 Å². The molecule has 0 aliphatic heterocycles. The van der Waals surface area contributed by atoms with Gasteiger partial charge >= 0.3 is 5.97 Å². The second kappa shape index (κ2) is 5.83. The van der Waals surface area contributed by atoms with Crippen LogP contribution >= 0.6 is 0 Å². The van der Waals surface area contributed by atoms with Crippen LogP contribution in [-0.2, 0) is 4.79 Å². The van der Waals surface area contributed by atoms with Gasteiger partial charge in [-0.3, -0.25) is 4.79 Å². The molecule has 0 aliphatic rings. The first-order valence-electron chi connectivity index (χ1n) is 5.86. The molecule has 0 aliphatic carbocycles. The lowest BCUT2D eigenvalue weighted by molar-refractivity contribution is -0.129. The number of carbonyl (C=O) groups is 2. The van der Waals surface area contributed by atoms with Crippen molar-refractivity contribution in [2.24, 2.45) is 5.73 Å². The Hall–Kier alpha value is -2.89. The number of hydrogen-bond acceptors (Lipinski definition) is 4. The molecule has 2 aromatic rings. The topological polar surface area (TPSA) is 98.1 Å². The minimum absolute atomic E-state index is 0.0379. The summed E-state index contributed by atoms with van der Waals surface area (Å²) < 4.78 is 4.98. The van der Waals surface area contributed by atoms with Crippen LogP contribution in [0.5, 0.6) is 5.88 Å². The average molecular weight is 271 g/mol. The molecule has 1 heterocycles. The summed E-state index contributed by atoms with van der Waals surface area (Å²) in [6.07, 6.45) is 2.56. The summed E-state index contributed by atoms with van der Waals surface area (Å²) in [7, 11) is 0. The van der Waals surface area contributed by atoms with E-state index in [1.165, 1.54) is 12.4 Å². The van der Waals surface area contributed by atoms with E-state index in [0.717, 1.165) is 11.1 Å².